The Labute approximate surface area is 222 Å². The number of benzene rings is 2. The lowest BCUT2D eigenvalue weighted by Gasteiger charge is -2.32. The second-order valence-electron chi connectivity index (χ2n) is 8.03. The van der Waals surface area contributed by atoms with Crippen molar-refractivity contribution in [2.24, 2.45) is 0 Å². The largest absolute Gasteiger partial charge is 0.497 e. The summed E-state index contributed by atoms with van der Waals surface area (Å²) >= 11 is 12.3. The second-order valence-corrected chi connectivity index (χ2v) is 10.8. The number of halogens is 2. The van der Waals surface area contributed by atoms with E-state index in [0.717, 1.165) is 10.6 Å². The zero-order chi connectivity index (χ0) is 27.0. The highest BCUT2D eigenvalue weighted by Crippen LogP contribution is 2.34. The van der Waals surface area contributed by atoms with Crippen LogP contribution in [0.4, 0.5) is 5.69 Å². The average molecular weight is 561 g/mol. The smallest absolute Gasteiger partial charge is 0.244 e. The summed E-state index contributed by atoms with van der Waals surface area (Å²) in [7, 11) is -1.11. The Kier molecular flexibility index (Phi) is 10.7. The Morgan fingerprint density at radius 3 is 2.33 bits per heavy atom. The van der Waals surface area contributed by atoms with Gasteiger partial charge in [-0.15, -0.1) is 0 Å². The van der Waals surface area contributed by atoms with Crippen molar-refractivity contribution in [2.45, 2.75) is 32.9 Å². The summed E-state index contributed by atoms with van der Waals surface area (Å²) in [6, 6.07) is 8.52. The van der Waals surface area contributed by atoms with Gasteiger partial charge < -0.3 is 19.7 Å². The van der Waals surface area contributed by atoms with Crippen LogP contribution in [-0.4, -0.2) is 64.7 Å². The number of sulfonamides is 1. The number of hydrogen-bond acceptors (Lipinski definition) is 6. The van der Waals surface area contributed by atoms with Crippen molar-refractivity contribution in [1.82, 2.24) is 10.2 Å². The molecule has 2 aromatic carbocycles. The summed E-state index contributed by atoms with van der Waals surface area (Å²) < 4.78 is 37.1. The Morgan fingerprint density at radius 1 is 1.08 bits per heavy atom. The van der Waals surface area contributed by atoms with Crippen LogP contribution in [0.1, 0.15) is 25.8 Å². The first-order valence-corrected chi connectivity index (χ1v) is 13.7. The van der Waals surface area contributed by atoms with Gasteiger partial charge in [-0.3, -0.25) is 13.9 Å². The van der Waals surface area contributed by atoms with Crippen LogP contribution in [0.15, 0.2) is 36.4 Å². The molecule has 0 fully saturated rings. The Morgan fingerprint density at radius 2 is 1.78 bits per heavy atom. The van der Waals surface area contributed by atoms with E-state index in [2.05, 4.69) is 5.32 Å². The quantitative estimate of drug-likeness (QED) is 0.425. The molecule has 12 heteroatoms. The summed E-state index contributed by atoms with van der Waals surface area (Å²) in [5.74, 6) is -0.380. The van der Waals surface area contributed by atoms with E-state index in [-0.39, 0.29) is 23.9 Å². The molecule has 0 aromatic heterocycles. The summed E-state index contributed by atoms with van der Waals surface area (Å²) in [6.45, 7) is 3.29. The van der Waals surface area contributed by atoms with E-state index in [9.17, 15) is 18.0 Å². The van der Waals surface area contributed by atoms with Gasteiger partial charge in [0.15, 0.2) is 0 Å². The van der Waals surface area contributed by atoms with Crippen LogP contribution >= 0.6 is 23.2 Å². The number of carbonyl (C=O) groups is 2. The lowest BCUT2D eigenvalue weighted by atomic mass is 10.1. The molecular formula is C24H31Cl2N3O6S. The normalized spacial score (nSPS) is 12.0. The topological polar surface area (TPSA) is 105 Å². The molecule has 0 heterocycles. The molecule has 2 amide bonds. The fourth-order valence-electron chi connectivity index (χ4n) is 3.40. The highest BCUT2D eigenvalue weighted by molar-refractivity contribution is 7.92. The van der Waals surface area contributed by atoms with Crippen molar-refractivity contribution >= 4 is 50.7 Å². The monoisotopic (exact) mass is 559 g/mol. The molecule has 0 spiro atoms. The molecule has 0 radical (unpaired) electrons. The molecule has 0 aliphatic carbocycles. The van der Waals surface area contributed by atoms with Crippen molar-refractivity contribution in [3.8, 4) is 11.5 Å². The van der Waals surface area contributed by atoms with E-state index in [1.165, 1.54) is 31.3 Å². The highest BCUT2D eigenvalue weighted by atomic mass is 35.5. The Balaban J connectivity index is 2.50. The highest BCUT2D eigenvalue weighted by Gasteiger charge is 2.31. The van der Waals surface area contributed by atoms with Gasteiger partial charge in [0.1, 0.15) is 24.1 Å². The van der Waals surface area contributed by atoms with Gasteiger partial charge in [0.2, 0.25) is 21.8 Å². The zero-order valence-corrected chi connectivity index (χ0v) is 23.2. The lowest BCUT2D eigenvalue weighted by molar-refractivity contribution is -0.139. The molecule has 1 atom stereocenters. The van der Waals surface area contributed by atoms with E-state index in [4.69, 9.17) is 32.7 Å². The Bertz CT molecular complexity index is 1190. The van der Waals surface area contributed by atoms with Gasteiger partial charge in [-0.25, -0.2) is 8.42 Å². The van der Waals surface area contributed by atoms with Gasteiger partial charge >= 0.3 is 0 Å². The van der Waals surface area contributed by atoms with Crippen LogP contribution in [0, 0.1) is 0 Å². The van der Waals surface area contributed by atoms with E-state index >= 15 is 0 Å². The number of carbonyl (C=O) groups excluding carboxylic acids is 2. The molecule has 1 unspecified atom stereocenters. The first-order valence-electron chi connectivity index (χ1n) is 11.1. The summed E-state index contributed by atoms with van der Waals surface area (Å²) in [5.41, 5.74) is 0.676. The summed E-state index contributed by atoms with van der Waals surface area (Å²) in [5, 5.41) is 3.51. The molecule has 0 aliphatic heterocycles. The predicted octanol–water partition coefficient (Wildman–Crippen LogP) is 3.72. The molecule has 1 N–H and O–H groups in total. The molecule has 0 bridgehead atoms. The molecular weight excluding hydrogens is 529 g/mol. The lowest BCUT2D eigenvalue weighted by Crippen LogP contribution is -2.51. The number of hydrogen-bond donors (Lipinski definition) is 1. The fourth-order valence-corrected chi connectivity index (χ4v) is 4.71. The first-order chi connectivity index (χ1) is 16.9. The second kappa shape index (κ2) is 13.0. The molecule has 36 heavy (non-hydrogen) atoms. The van der Waals surface area contributed by atoms with Gasteiger partial charge in [-0.1, -0.05) is 36.2 Å². The molecule has 0 aliphatic rings. The van der Waals surface area contributed by atoms with Crippen LogP contribution in [0.3, 0.4) is 0 Å². The third-order valence-electron chi connectivity index (χ3n) is 5.41. The van der Waals surface area contributed by atoms with E-state index in [1.807, 2.05) is 6.92 Å². The third-order valence-corrected chi connectivity index (χ3v) is 7.12. The number of nitrogens with one attached hydrogen (secondary N) is 1. The zero-order valence-electron chi connectivity index (χ0n) is 20.9. The van der Waals surface area contributed by atoms with Gasteiger partial charge in [0.25, 0.3) is 0 Å². The molecule has 198 valence electrons. The number of ether oxygens (including phenoxy) is 2. The third kappa shape index (κ3) is 7.65. The van der Waals surface area contributed by atoms with Crippen molar-refractivity contribution in [3.63, 3.8) is 0 Å². The number of methoxy groups -OCH3 is 2. The number of nitrogens with zero attached hydrogens (tertiary/aromatic N) is 2. The van der Waals surface area contributed by atoms with Crippen LogP contribution in [0.25, 0.3) is 0 Å². The molecule has 0 saturated carbocycles. The number of anilines is 1. The number of amides is 2. The molecule has 2 rings (SSSR count). The van der Waals surface area contributed by atoms with Crippen molar-refractivity contribution in [2.75, 3.05) is 37.9 Å². The van der Waals surface area contributed by atoms with Crippen molar-refractivity contribution < 1.29 is 27.5 Å². The van der Waals surface area contributed by atoms with Crippen LogP contribution in [-0.2, 0) is 26.2 Å². The maximum atomic E-state index is 13.6. The van der Waals surface area contributed by atoms with Crippen molar-refractivity contribution in [1.29, 1.82) is 0 Å². The minimum Gasteiger partial charge on any atom is -0.497 e. The maximum Gasteiger partial charge on any atom is 0.244 e. The van der Waals surface area contributed by atoms with Crippen LogP contribution < -0.4 is 19.1 Å². The van der Waals surface area contributed by atoms with Crippen LogP contribution in [0.5, 0.6) is 11.5 Å². The molecule has 0 saturated heterocycles. The van der Waals surface area contributed by atoms with E-state index in [0.29, 0.717) is 34.3 Å². The number of rotatable bonds is 12. The van der Waals surface area contributed by atoms with Crippen LogP contribution in [0.2, 0.25) is 10.0 Å². The minimum atomic E-state index is -3.94. The first kappa shape index (κ1) is 29.5. The molecule has 9 nitrogen and oxygen atoms in total. The SMILES string of the molecule is CCCNC(=O)C(C)N(Cc1ccc(Cl)cc1Cl)C(=O)CN(c1cc(OC)ccc1OC)S(C)(=O)=O. The van der Waals surface area contributed by atoms with E-state index < -0.39 is 28.5 Å². The maximum absolute atomic E-state index is 13.6. The fraction of sp³-hybridized carbons (Fsp3) is 0.417. The van der Waals surface area contributed by atoms with Gasteiger partial charge in [-0.05, 0) is 43.2 Å². The molecule has 2 aromatic rings. The van der Waals surface area contributed by atoms with Crippen molar-refractivity contribution in [3.05, 3.63) is 52.0 Å². The predicted molar refractivity (Wildman–Crippen MR) is 142 cm³/mol. The summed E-state index contributed by atoms with van der Waals surface area (Å²) in [4.78, 5) is 27.7. The summed E-state index contributed by atoms with van der Waals surface area (Å²) in [6.07, 6.45) is 1.70. The van der Waals surface area contributed by atoms with Gasteiger partial charge in [0, 0.05) is 29.2 Å². The standard InChI is InChI=1S/C24H31Cl2N3O6S/c1-6-11-27-24(31)16(2)28(14-17-7-8-18(25)12-20(17)26)23(30)15-29(36(5,32)33)21-13-19(34-3)9-10-22(21)35-4/h7-10,12-13,16H,6,11,14-15H2,1-5H3,(H,27,31). The van der Waals surface area contributed by atoms with Gasteiger partial charge in [-0.2, -0.15) is 0 Å². The Hall–Kier alpha value is -2.69. The van der Waals surface area contributed by atoms with Gasteiger partial charge in [0.05, 0.1) is 26.2 Å². The minimum absolute atomic E-state index is 0.0393. The average Bonchev–Trinajstić information content (AvgIpc) is 2.83. The van der Waals surface area contributed by atoms with E-state index in [1.54, 1.807) is 31.2 Å².